The van der Waals surface area contributed by atoms with Crippen LogP contribution in [0.3, 0.4) is 0 Å². The van der Waals surface area contributed by atoms with Crippen LogP contribution in [0.1, 0.15) is 33.3 Å². The molecule has 1 heterocycles. The Labute approximate surface area is 184 Å². The maximum absolute atomic E-state index is 13.4. The quantitative estimate of drug-likeness (QED) is 0.582. The number of alkyl halides is 3. The van der Waals surface area contributed by atoms with E-state index >= 15 is 0 Å². The number of carbonyl (C=O) groups excluding carboxylic acids is 2. The van der Waals surface area contributed by atoms with Crippen molar-refractivity contribution in [3.8, 4) is 0 Å². The zero-order valence-electron chi connectivity index (χ0n) is 18.2. The summed E-state index contributed by atoms with van der Waals surface area (Å²) in [7, 11) is -4.84. The molecule has 1 aromatic carbocycles. The summed E-state index contributed by atoms with van der Waals surface area (Å²) in [6, 6.07) is 4.98. The van der Waals surface area contributed by atoms with Gasteiger partial charge in [-0.1, -0.05) is 32.0 Å². The number of carbonyl (C=O) groups is 2. The van der Waals surface area contributed by atoms with Gasteiger partial charge >= 0.3 is 27.7 Å². The number of sulfonamides is 1. The van der Waals surface area contributed by atoms with Gasteiger partial charge in [-0.05, 0) is 31.4 Å². The molecule has 0 aromatic heterocycles. The van der Waals surface area contributed by atoms with Gasteiger partial charge in [0, 0.05) is 7.11 Å². The molecule has 0 saturated carbocycles. The molecule has 32 heavy (non-hydrogen) atoms. The average molecular weight is 482 g/mol. The summed E-state index contributed by atoms with van der Waals surface area (Å²) in [5.74, 6) is -0.256. The summed E-state index contributed by atoms with van der Waals surface area (Å²) in [6.45, 7) is 5.73. The van der Waals surface area contributed by atoms with Gasteiger partial charge in [-0.25, -0.2) is 9.59 Å². The molecule has 13 heteroatoms. The minimum Gasteiger partial charge on any atom is -0.448 e. The summed E-state index contributed by atoms with van der Waals surface area (Å²) >= 11 is 0. The van der Waals surface area contributed by atoms with Crippen molar-refractivity contribution in [2.24, 2.45) is 5.92 Å². The summed E-state index contributed by atoms with van der Waals surface area (Å²) in [5, 5.41) is 0. The van der Waals surface area contributed by atoms with Crippen molar-refractivity contribution in [1.29, 1.82) is 0 Å². The minimum absolute atomic E-state index is 0.0708. The third-order valence-electron chi connectivity index (χ3n) is 4.48. The summed E-state index contributed by atoms with van der Waals surface area (Å²) in [6.07, 6.45) is -3.44. The van der Waals surface area contributed by atoms with E-state index in [4.69, 9.17) is 14.2 Å². The number of halogens is 3. The lowest BCUT2D eigenvalue weighted by molar-refractivity contribution is -0.0684. The number of methoxy groups -OCH3 is 1. The molecule has 1 aliphatic heterocycles. The number of para-hydroxylation sites is 1. The maximum Gasteiger partial charge on any atom is 0.517 e. The number of cyclic esters (lactones) is 1. The van der Waals surface area contributed by atoms with Gasteiger partial charge in [0.1, 0.15) is 0 Å². The van der Waals surface area contributed by atoms with E-state index in [9.17, 15) is 31.2 Å². The van der Waals surface area contributed by atoms with Crippen LogP contribution in [0.5, 0.6) is 0 Å². The van der Waals surface area contributed by atoms with E-state index in [1.807, 2.05) is 0 Å². The highest BCUT2D eigenvalue weighted by Gasteiger charge is 2.54. The summed E-state index contributed by atoms with van der Waals surface area (Å²) in [4.78, 5) is 25.9. The number of nitrogens with zero attached hydrogens (tertiary/aromatic N) is 2. The van der Waals surface area contributed by atoms with E-state index in [0.717, 1.165) is 11.0 Å². The number of hydrogen-bond donors (Lipinski definition) is 0. The van der Waals surface area contributed by atoms with Crippen molar-refractivity contribution >= 4 is 27.9 Å². The molecule has 2 amide bonds. The van der Waals surface area contributed by atoms with Gasteiger partial charge in [0.05, 0.1) is 18.8 Å². The Bertz CT molecular complexity index is 964. The van der Waals surface area contributed by atoms with Gasteiger partial charge in [0.15, 0.2) is 11.8 Å². The Balaban J connectivity index is 2.55. The fraction of sp³-hybridized carbons (Fsp3) is 0.579. The second-order valence-electron chi connectivity index (χ2n) is 8.00. The number of rotatable bonds is 7. The molecule has 0 N–H and O–H groups in total. The van der Waals surface area contributed by atoms with Crippen LogP contribution >= 0.6 is 0 Å². The predicted octanol–water partition coefficient (Wildman–Crippen LogP) is 3.84. The molecular weight excluding hydrogens is 457 g/mol. The van der Waals surface area contributed by atoms with Crippen molar-refractivity contribution in [3.63, 3.8) is 0 Å². The molecule has 1 aliphatic rings. The first kappa shape index (κ1) is 25.7. The summed E-state index contributed by atoms with van der Waals surface area (Å²) in [5.41, 5.74) is -7.53. The highest BCUT2D eigenvalue weighted by atomic mass is 32.2. The predicted molar refractivity (Wildman–Crippen MR) is 107 cm³/mol. The van der Waals surface area contributed by atoms with Crippen LogP contribution in [0.15, 0.2) is 24.3 Å². The lowest BCUT2D eigenvalue weighted by Crippen LogP contribution is -2.46. The molecule has 1 aromatic rings. The largest absolute Gasteiger partial charge is 0.517 e. The lowest BCUT2D eigenvalue weighted by atomic mass is 10.1. The van der Waals surface area contributed by atoms with Crippen molar-refractivity contribution in [1.82, 2.24) is 4.90 Å². The first-order valence-electron chi connectivity index (χ1n) is 9.52. The van der Waals surface area contributed by atoms with Gasteiger partial charge in [0.25, 0.3) is 0 Å². The molecule has 0 bridgehead atoms. The molecule has 0 radical (unpaired) electrons. The Hall–Kier alpha value is -2.54. The smallest absolute Gasteiger partial charge is 0.448 e. The third-order valence-corrected chi connectivity index (χ3v) is 5.89. The van der Waals surface area contributed by atoms with E-state index in [-0.39, 0.29) is 18.1 Å². The Kier molecular flexibility index (Phi) is 7.34. The summed E-state index contributed by atoms with van der Waals surface area (Å²) < 4.78 is 79.7. The Morgan fingerprint density at radius 2 is 1.88 bits per heavy atom. The van der Waals surface area contributed by atoms with E-state index in [1.165, 1.54) is 25.3 Å². The van der Waals surface area contributed by atoms with Crippen molar-refractivity contribution in [2.45, 2.75) is 51.6 Å². The molecular formula is C19H25F3N2O7S. The standard InChI is InChI=1S/C19H25F3N2O7S/c1-12(2)11-30-17(26)24(32(27,28)19(20,21)22)14-9-7-6-8-13(14)10-23-15(29-5)18(3,4)31-16(23)25/h6-9,12,15H,10-11H2,1-5H3. The van der Waals surface area contributed by atoms with Crippen molar-refractivity contribution in [3.05, 3.63) is 29.8 Å². The molecule has 1 unspecified atom stereocenters. The van der Waals surface area contributed by atoms with Crippen LogP contribution in [-0.2, 0) is 30.8 Å². The Morgan fingerprint density at radius 3 is 2.41 bits per heavy atom. The molecule has 1 atom stereocenters. The highest BCUT2D eigenvalue weighted by Crippen LogP contribution is 2.36. The molecule has 1 fully saturated rings. The van der Waals surface area contributed by atoms with Crippen LogP contribution in [0.4, 0.5) is 28.4 Å². The monoisotopic (exact) mass is 482 g/mol. The van der Waals surface area contributed by atoms with Gasteiger partial charge in [-0.15, -0.1) is 0 Å². The molecule has 0 spiro atoms. The molecule has 180 valence electrons. The fourth-order valence-corrected chi connectivity index (χ4v) is 4.01. The molecule has 1 saturated heterocycles. The third kappa shape index (κ3) is 5.09. The zero-order valence-corrected chi connectivity index (χ0v) is 19.0. The Morgan fingerprint density at radius 1 is 1.28 bits per heavy atom. The number of amides is 2. The first-order chi connectivity index (χ1) is 14.6. The van der Waals surface area contributed by atoms with Gasteiger partial charge in [-0.2, -0.15) is 25.9 Å². The average Bonchev–Trinajstić information content (AvgIpc) is 2.87. The maximum atomic E-state index is 13.4. The van der Waals surface area contributed by atoms with Gasteiger partial charge < -0.3 is 14.2 Å². The number of hydrogen-bond acceptors (Lipinski definition) is 7. The topological polar surface area (TPSA) is 102 Å². The first-order valence-corrected chi connectivity index (χ1v) is 11.0. The van der Waals surface area contributed by atoms with Crippen molar-refractivity contribution in [2.75, 3.05) is 18.0 Å². The molecule has 2 rings (SSSR count). The van der Waals surface area contributed by atoms with E-state index < -0.39 is 56.1 Å². The molecule has 9 nitrogen and oxygen atoms in total. The number of anilines is 1. The van der Waals surface area contributed by atoms with Gasteiger partial charge in [0.2, 0.25) is 0 Å². The van der Waals surface area contributed by atoms with E-state index in [1.54, 1.807) is 27.7 Å². The highest BCUT2D eigenvalue weighted by molar-refractivity contribution is 7.94. The van der Waals surface area contributed by atoms with Crippen LogP contribution in [0, 0.1) is 5.92 Å². The second kappa shape index (κ2) is 9.14. The van der Waals surface area contributed by atoms with E-state index in [0.29, 0.717) is 0 Å². The zero-order chi connectivity index (χ0) is 24.5. The SMILES string of the molecule is COC1N(Cc2ccccc2N(C(=O)OCC(C)C)S(=O)(=O)C(F)(F)F)C(=O)OC1(C)C. The fourth-order valence-electron chi connectivity index (χ4n) is 3.12. The number of benzene rings is 1. The lowest BCUT2D eigenvalue weighted by Gasteiger charge is -2.29. The van der Waals surface area contributed by atoms with Crippen molar-refractivity contribution < 1.29 is 45.4 Å². The second-order valence-corrected chi connectivity index (χ2v) is 9.78. The van der Waals surface area contributed by atoms with Crippen LogP contribution < -0.4 is 4.31 Å². The van der Waals surface area contributed by atoms with Crippen LogP contribution in [-0.4, -0.2) is 56.6 Å². The molecule has 0 aliphatic carbocycles. The number of ether oxygens (including phenoxy) is 3. The van der Waals surface area contributed by atoms with Crippen LogP contribution in [0.2, 0.25) is 0 Å². The van der Waals surface area contributed by atoms with Gasteiger partial charge in [-0.3, -0.25) is 4.90 Å². The van der Waals surface area contributed by atoms with E-state index in [2.05, 4.69) is 0 Å². The van der Waals surface area contributed by atoms with Crippen LogP contribution in [0.25, 0.3) is 0 Å². The minimum atomic E-state index is -6.16. The normalized spacial score (nSPS) is 18.6.